The van der Waals surface area contributed by atoms with Crippen molar-refractivity contribution in [2.75, 3.05) is 40.4 Å². The maximum atomic E-state index is 13.1. The molecule has 0 aromatic heterocycles. The Balaban J connectivity index is 1.50. The van der Waals surface area contributed by atoms with Gasteiger partial charge in [-0.25, -0.2) is 8.42 Å². The lowest BCUT2D eigenvalue weighted by Crippen LogP contribution is -2.38. The largest absolute Gasteiger partial charge is 0.493 e. The van der Waals surface area contributed by atoms with E-state index in [1.165, 1.54) is 10.4 Å². The topological polar surface area (TPSA) is 76.2 Å². The van der Waals surface area contributed by atoms with Crippen LogP contribution in [0.4, 0.5) is 0 Å². The van der Waals surface area contributed by atoms with Gasteiger partial charge >= 0.3 is 0 Å². The predicted molar refractivity (Wildman–Crippen MR) is 127 cm³/mol. The molecule has 33 heavy (non-hydrogen) atoms. The van der Waals surface area contributed by atoms with E-state index in [0.29, 0.717) is 49.5 Å². The number of methoxy groups -OCH3 is 2. The first-order chi connectivity index (χ1) is 15.8. The van der Waals surface area contributed by atoms with Crippen LogP contribution in [0.1, 0.15) is 47.3 Å². The molecule has 0 radical (unpaired) electrons. The van der Waals surface area contributed by atoms with Crippen molar-refractivity contribution in [1.82, 2.24) is 9.21 Å². The maximum absolute atomic E-state index is 13.1. The Morgan fingerprint density at radius 2 is 1.97 bits per heavy atom. The summed E-state index contributed by atoms with van der Waals surface area (Å²) in [5, 5.41) is 0.227. The number of nitrogens with zero attached hydrogens (tertiary/aromatic N) is 2. The molecule has 2 aromatic rings. The van der Waals surface area contributed by atoms with Crippen LogP contribution in [-0.4, -0.2) is 63.8 Å². The molecule has 1 unspecified atom stereocenters. The molecular weight excluding hydrogens is 464 g/mol. The summed E-state index contributed by atoms with van der Waals surface area (Å²) in [6.45, 7) is 4.07. The SMILES string of the molecule is CCN(CCCN1CCc2cc(OC)c(OC)c3c2C1CC3=O)S(=O)(=O)c1ccccc1Cl. The lowest BCUT2D eigenvalue weighted by Gasteiger charge is -2.35. The van der Waals surface area contributed by atoms with Crippen molar-refractivity contribution in [2.45, 2.75) is 37.1 Å². The highest BCUT2D eigenvalue weighted by atomic mass is 35.5. The normalized spacial score (nSPS) is 18.0. The molecule has 0 fully saturated rings. The third kappa shape index (κ3) is 4.25. The van der Waals surface area contributed by atoms with Gasteiger partial charge < -0.3 is 9.47 Å². The molecule has 0 N–H and O–H groups in total. The lowest BCUT2D eigenvalue weighted by molar-refractivity contribution is 0.0946. The number of ketones is 1. The molecule has 1 aliphatic carbocycles. The molecule has 7 nitrogen and oxygen atoms in total. The van der Waals surface area contributed by atoms with Gasteiger partial charge in [0.2, 0.25) is 10.0 Å². The fraction of sp³-hybridized carbons (Fsp3) is 0.458. The summed E-state index contributed by atoms with van der Waals surface area (Å²) in [6, 6.07) is 8.49. The summed E-state index contributed by atoms with van der Waals surface area (Å²) in [7, 11) is -0.531. The van der Waals surface area contributed by atoms with Crippen LogP contribution < -0.4 is 9.47 Å². The molecule has 0 saturated carbocycles. The fourth-order valence-electron chi connectivity index (χ4n) is 5.00. The summed E-state index contributed by atoms with van der Waals surface area (Å²) < 4.78 is 38.6. The maximum Gasteiger partial charge on any atom is 0.244 e. The Morgan fingerprint density at radius 1 is 1.21 bits per heavy atom. The number of hydrogen-bond acceptors (Lipinski definition) is 6. The summed E-state index contributed by atoms with van der Waals surface area (Å²) in [5.41, 5.74) is 2.81. The van der Waals surface area contributed by atoms with Crippen molar-refractivity contribution < 1.29 is 22.7 Å². The highest BCUT2D eigenvalue weighted by Crippen LogP contribution is 2.48. The van der Waals surface area contributed by atoms with E-state index in [9.17, 15) is 13.2 Å². The van der Waals surface area contributed by atoms with E-state index in [1.807, 2.05) is 13.0 Å². The molecule has 0 amide bonds. The van der Waals surface area contributed by atoms with Gasteiger partial charge in [0.05, 0.1) is 24.8 Å². The molecule has 178 valence electrons. The second kappa shape index (κ2) is 9.62. The van der Waals surface area contributed by atoms with Gasteiger partial charge in [-0.1, -0.05) is 30.7 Å². The lowest BCUT2D eigenvalue weighted by atomic mass is 9.92. The Labute approximate surface area is 200 Å². The minimum Gasteiger partial charge on any atom is -0.493 e. The second-order valence-electron chi connectivity index (χ2n) is 8.27. The van der Waals surface area contributed by atoms with E-state index in [1.54, 1.807) is 32.4 Å². The zero-order chi connectivity index (χ0) is 23.8. The first kappa shape index (κ1) is 24.0. The van der Waals surface area contributed by atoms with E-state index in [4.69, 9.17) is 21.1 Å². The quantitative estimate of drug-likeness (QED) is 0.527. The molecule has 4 rings (SSSR count). The van der Waals surface area contributed by atoms with Gasteiger partial charge in [-0.2, -0.15) is 4.31 Å². The second-order valence-corrected chi connectivity index (χ2v) is 10.6. The van der Waals surface area contributed by atoms with Crippen LogP contribution in [0, 0.1) is 0 Å². The summed E-state index contributed by atoms with van der Waals surface area (Å²) in [4.78, 5) is 15.3. The van der Waals surface area contributed by atoms with Crippen LogP contribution in [0.2, 0.25) is 5.02 Å². The number of ether oxygens (including phenoxy) is 2. The molecule has 0 saturated heterocycles. The van der Waals surface area contributed by atoms with Gasteiger partial charge in [-0.15, -0.1) is 0 Å². The van der Waals surface area contributed by atoms with Crippen molar-refractivity contribution >= 4 is 27.4 Å². The Kier molecular flexibility index (Phi) is 7.00. The third-order valence-corrected chi connectivity index (χ3v) is 9.03. The molecule has 2 aliphatic rings. The van der Waals surface area contributed by atoms with Crippen molar-refractivity contribution in [3.63, 3.8) is 0 Å². The summed E-state index contributed by atoms with van der Waals surface area (Å²) >= 11 is 6.15. The number of hydrogen-bond donors (Lipinski definition) is 0. The monoisotopic (exact) mass is 492 g/mol. The van der Waals surface area contributed by atoms with Crippen LogP contribution in [0.15, 0.2) is 35.2 Å². The number of halogens is 1. The molecule has 2 aromatic carbocycles. The molecule has 0 spiro atoms. The zero-order valence-corrected chi connectivity index (χ0v) is 20.7. The highest BCUT2D eigenvalue weighted by Gasteiger charge is 2.41. The predicted octanol–water partition coefficient (Wildman–Crippen LogP) is 3.94. The van der Waals surface area contributed by atoms with E-state index in [0.717, 1.165) is 24.1 Å². The number of sulfonamides is 1. The van der Waals surface area contributed by atoms with Gasteiger partial charge in [0.1, 0.15) is 4.90 Å². The van der Waals surface area contributed by atoms with Crippen LogP contribution in [0.3, 0.4) is 0 Å². The van der Waals surface area contributed by atoms with Crippen LogP contribution in [0.5, 0.6) is 11.5 Å². The molecule has 1 atom stereocenters. The van der Waals surface area contributed by atoms with Gasteiger partial charge in [-0.3, -0.25) is 9.69 Å². The summed E-state index contributed by atoms with van der Waals surface area (Å²) in [5.74, 6) is 1.17. The van der Waals surface area contributed by atoms with Crippen LogP contribution in [0.25, 0.3) is 0 Å². The van der Waals surface area contributed by atoms with Crippen molar-refractivity contribution in [3.05, 3.63) is 52.0 Å². The molecule has 1 aliphatic heterocycles. The van der Waals surface area contributed by atoms with Gasteiger partial charge in [0.15, 0.2) is 17.3 Å². The minimum atomic E-state index is -3.67. The average molecular weight is 493 g/mol. The van der Waals surface area contributed by atoms with E-state index >= 15 is 0 Å². The van der Waals surface area contributed by atoms with Crippen LogP contribution in [-0.2, 0) is 16.4 Å². The fourth-order valence-corrected chi connectivity index (χ4v) is 6.98. The van der Waals surface area contributed by atoms with E-state index in [-0.39, 0.29) is 21.7 Å². The Bertz CT molecular complexity index is 1170. The first-order valence-corrected chi connectivity index (χ1v) is 12.9. The Morgan fingerprint density at radius 3 is 2.64 bits per heavy atom. The zero-order valence-electron chi connectivity index (χ0n) is 19.1. The third-order valence-electron chi connectivity index (χ3n) is 6.56. The highest BCUT2D eigenvalue weighted by molar-refractivity contribution is 7.89. The van der Waals surface area contributed by atoms with Crippen molar-refractivity contribution in [3.8, 4) is 11.5 Å². The van der Waals surface area contributed by atoms with E-state index < -0.39 is 10.0 Å². The van der Waals surface area contributed by atoms with E-state index in [2.05, 4.69) is 4.90 Å². The number of rotatable bonds is 9. The molecule has 0 bridgehead atoms. The summed E-state index contributed by atoms with van der Waals surface area (Å²) in [6.07, 6.45) is 1.86. The van der Waals surface area contributed by atoms with Gasteiger partial charge in [0, 0.05) is 38.6 Å². The van der Waals surface area contributed by atoms with Crippen LogP contribution >= 0.6 is 11.6 Å². The van der Waals surface area contributed by atoms with Crippen molar-refractivity contribution in [2.24, 2.45) is 0 Å². The number of Topliss-reactive ketones (excluding diaryl/α,β-unsaturated/α-hetero) is 1. The standard InChI is InChI=1S/C24H29ClN2O5S/c1-4-27(33(29,30)21-9-6-5-8-17(21)25)12-7-11-26-13-10-16-14-20(31-2)24(32-3)23-19(28)15-18(26)22(16)23/h5-6,8-9,14,18H,4,7,10-13,15H2,1-3H3. The first-order valence-electron chi connectivity index (χ1n) is 11.1. The average Bonchev–Trinajstić information content (AvgIpc) is 3.15. The molecular formula is C24H29ClN2O5S. The van der Waals surface area contributed by atoms with Gasteiger partial charge in [0.25, 0.3) is 0 Å². The smallest absolute Gasteiger partial charge is 0.244 e. The molecule has 1 heterocycles. The molecule has 9 heteroatoms. The number of carbonyl (C=O) groups is 1. The van der Waals surface area contributed by atoms with Gasteiger partial charge in [-0.05, 0) is 42.2 Å². The number of carbonyl (C=O) groups excluding carboxylic acids is 1. The number of benzene rings is 2. The Hall–Kier alpha value is -2.13. The minimum absolute atomic E-state index is 0.00805. The van der Waals surface area contributed by atoms with Crippen molar-refractivity contribution in [1.29, 1.82) is 0 Å².